The van der Waals surface area contributed by atoms with Crippen LogP contribution >= 0.6 is 0 Å². The number of benzene rings is 3. The van der Waals surface area contributed by atoms with Gasteiger partial charge in [0.25, 0.3) is 0 Å². The van der Waals surface area contributed by atoms with Gasteiger partial charge in [0.1, 0.15) is 17.3 Å². The third-order valence-corrected chi connectivity index (χ3v) is 4.55. The number of hydrogen-bond donors (Lipinski definition) is 0. The van der Waals surface area contributed by atoms with Crippen LogP contribution in [0.3, 0.4) is 0 Å². The molecule has 0 radical (unpaired) electrons. The quantitative estimate of drug-likeness (QED) is 0.472. The van der Waals surface area contributed by atoms with Crippen molar-refractivity contribution in [2.24, 2.45) is 0 Å². The second-order valence-electron chi connectivity index (χ2n) is 6.20. The second kappa shape index (κ2) is 7.56. The molecule has 4 rings (SSSR count). The summed E-state index contributed by atoms with van der Waals surface area (Å²) in [5, 5.41) is 4.80. The van der Waals surface area contributed by atoms with Crippen LogP contribution in [0.15, 0.2) is 78.9 Å². The van der Waals surface area contributed by atoms with Crippen molar-refractivity contribution in [1.29, 1.82) is 0 Å². The fourth-order valence-corrected chi connectivity index (χ4v) is 3.20. The molecule has 0 saturated heterocycles. The normalized spacial score (nSPS) is 10.7. The van der Waals surface area contributed by atoms with Crippen molar-refractivity contribution < 1.29 is 13.9 Å². The summed E-state index contributed by atoms with van der Waals surface area (Å²) in [4.78, 5) is 0. The van der Waals surface area contributed by atoms with E-state index in [2.05, 4.69) is 0 Å². The highest BCUT2D eigenvalue weighted by Gasteiger charge is 2.18. The molecule has 0 N–H and O–H groups in total. The Bertz CT molecular complexity index is 1100. The lowest BCUT2D eigenvalue weighted by atomic mass is 10.1. The van der Waals surface area contributed by atoms with Gasteiger partial charge in [-0.2, -0.15) is 5.10 Å². The third-order valence-electron chi connectivity index (χ3n) is 4.55. The summed E-state index contributed by atoms with van der Waals surface area (Å²) in [6, 6.07) is 23.7. The van der Waals surface area contributed by atoms with Crippen molar-refractivity contribution in [3.05, 3.63) is 84.7 Å². The van der Waals surface area contributed by atoms with E-state index in [1.54, 1.807) is 31.0 Å². The Hall–Kier alpha value is -3.60. The standard InChI is InChI=1S/C23H19FN2O2/c1-27-22-9-5-3-7-18(22)20-15-21(19-8-4-6-10-23(19)28-2)26(25-20)17-13-11-16(24)12-14-17/h3-15H,1-2H3. The highest BCUT2D eigenvalue weighted by Crippen LogP contribution is 2.36. The molecule has 140 valence electrons. The lowest BCUT2D eigenvalue weighted by molar-refractivity contribution is 0.416. The van der Waals surface area contributed by atoms with Crippen molar-refractivity contribution in [3.63, 3.8) is 0 Å². The molecule has 28 heavy (non-hydrogen) atoms. The zero-order valence-electron chi connectivity index (χ0n) is 15.6. The first-order valence-electron chi connectivity index (χ1n) is 8.84. The van der Waals surface area contributed by atoms with E-state index < -0.39 is 0 Å². The molecule has 0 spiro atoms. The summed E-state index contributed by atoms with van der Waals surface area (Å²) in [5.41, 5.74) is 4.11. The first-order valence-corrected chi connectivity index (χ1v) is 8.84. The van der Waals surface area contributed by atoms with E-state index in [4.69, 9.17) is 14.6 Å². The highest BCUT2D eigenvalue weighted by atomic mass is 19.1. The Kier molecular flexibility index (Phi) is 4.81. The van der Waals surface area contributed by atoms with Crippen LogP contribution in [0.1, 0.15) is 0 Å². The molecule has 0 aliphatic carbocycles. The molecule has 0 bridgehead atoms. The van der Waals surface area contributed by atoms with Crippen LogP contribution in [0, 0.1) is 5.82 Å². The number of nitrogens with zero attached hydrogens (tertiary/aromatic N) is 2. The van der Waals surface area contributed by atoms with Crippen molar-refractivity contribution in [1.82, 2.24) is 9.78 Å². The third kappa shape index (κ3) is 3.22. The Morgan fingerprint density at radius 1 is 0.750 bits per heavy atom. The van der Waals surface area contributed by atoms with Crippen molar-refractivity contribution in [2.45, 2.75) is 0 Å². The van der Waals surface area contributed by atoms with Crippen molar-refractivity contribution in [2.75, 3.05) is 14.2 Å². The van der Waals surface area contributed by atoms with E-state index in [-0.39, 0.29) is 5.82 Å². The first-order chi connectivity index (χ1) is 13.7. The molecule has 3 aromatic carbocycles. The molecule has 1 heterocycles. The number of ether oxygens (including phenoxy) is 2. The van der Waals surface area contributed by atoms with Crippen LogP contribution in [0.5, 0.6) is 11.5 Å². The molecule has 0 atom stereocenters. The fourth-order valence-electron chi connectivity index (χ4n) is 3.20. The number of halogens is 1. The molecule has 0 aliphatic rings. The van der Waals surface area contributed by atoms with Crippen LogP contribution in [0.2, 0.25) is 0 Å². The Morgan fingerprint density at radius 3 is 1.96 bits per heavy atom. The van der Waals surface area contributed by atoms with Gasteiger partial charge in [0, 0.05) is 11.1 Å². The number of para-hydroxylation sites is 2. The average molecular weight is 374 g/mol. The second-order valence-corrected chi connectivity index (χ2v) is 6.20. The molecule has 0 fully saturated rings. The van der Waals surface area contributed by atoms with E-state index >= 15 is 0 Å². The van der Waals surface area contributed by atoms with Gasteiger partial charge in [-0.15, -0.1) is 0 Å². The monoisotopic (exact) mass is 374 g/mol. The maximum absolute atomic E-state index is 13.4. The minimum atomic E-state index is -0.292. The molecule has 4 nitrogen and oxygen atoms in total. The van der Waals surface area contributed by atoms with Crippen molar-refractivity contribution in [3.8, 4) is 39.7 Å². The van der Waals surface area contributed by atoms with Gasteiger partial charge in [-0.1, -0.05) is 24.3 Å². The van der Waals surface area contributed by atoms with Gasteiger partial charge in [-0.25, -0.2) is 9.07 Å². The Balaban J connectivity index is 1.95. The first kappa shape index (κ1) is 17.8. The minimum absolute atomic E-state index is 0.292. The van der Waals surface area contributed by atoms with Crippen LogP contribution in [-0.2, 0) is 0 Å². The molecular weight excluding hydrogens is 355 g/mol. The fraction of sp³-hybridized carbons (Fsp3) is 0.0870. The molecule has 1 aromatic heterocycles. The number of methoxy groups -OCH3 is 2. The summed E-state index contributed by atoms with van der Waals surface area (Å²) in [6.07, 6.45) is 0. The average Bonchev–Trinajstić information content (AvgIpc) is 3.19. The Labute approximate surface area is 162 Å². The largest absolute Gasteiger partial charge is 0.496 e. The smallest absolute Gasteiger partial charge is 0.128 e. The minimum Gasteiger partial charge on any atom is -0.496 e. The van der Waals surface area contributed by atoms with E-state index in [1.165, 1.54) is 12.1 Å². The van der Waals surface area contributed by atoms with Gasteiger partial charge in [-0.05, 0) is 54.6 Å². The Morgan fingerprint density at radius 2 is 1.32 bits per heavy atom. The predicted octanol–water partition coefficient (Wildman–Crippen LogP) is 5.36. The van der Waals surface area contributed by atoms with Gasteiger partial charge < -0.3 is 9.47 Å². The summed E-state index contributed by atoms with van der Waals surface area (Å²) in [5.74, 6) is 1.18. The molecular formula is C23H19FN2O2. The zero-order chi connectivity index (χ0) is 19.5. The molecule has 4 aromatic rings. The maximum Gasteiger partial charge on any atom is 0.128 e. The zero-order valence-corrected chi connectivity index (χ0v) is 15.6. The van der Waals surface area contributed by atoms with Gasteiger partial charge in [-0.3, -0.25) is 0 Å². The maximum atomic E-state index is 13.4. The summed E-state index contributed by atoms with van der Waals surface area (Å²) >= 11 is 0. The summed E-state index contributed by atoms with van der Waals surface area (Å²) < 4.78 is 26.3. The van der Waals surface area contributed by atoms with Gasteiger partial charge >= 0.3 is 0 Å². The highest BCUT2D eigenvalue weighted by molar-refractivity contribution is 5.76. The summed E-state index contributed by atoms with van der Waals surface area (Å²) in [7, 11) is 3.27. The summed E-state index contributed by atoms with van der Waals surface area (Å²) in [6.45, 7) is 0. The van der Waals surface area contributed by atoms with E-state index in [0.717, 1.165) is 39.7 Å². The van der Waals surface area contributed by atoms with Crippen LogP contribution in [-0.4, -0.2) is 24.0 Å². The van der Waals surface area contributed by atoms with E-state index in [1.807, 2.05) is 54.6 Å². The topological polar surface area (TPSA) is 36.3 Å². The van der Waals surface area contributed by atoms with Gasteiger partial charge in [0.05, 0.1) is 31.3 Å². The lowest BCUT2D eigenvalue weighted by Gasteiger charge is -2.11. The number of aromatic nitrogens is 2. The van der Waals surface area contributed by atoms with E-state index in [0.29, 0.717) is 0 Å². The van der Waals surface area contributed by atoms with Crippen LogP contribution in [0.4, 0.5) is 4.39 Å². The predicted molar refractivity (Wildman–Crippen MR) is 107 cm³/mol. The molecule has 0 saturated carbocycles. The molecule has 0 amide bonds. The van der Waals surface area contributed by atoms with Gasteiger partial charge in [0.2, 0.25) is 0 Å². The molecule has 0 aliphatic heterocycles. The van der Waals surface area contributed by atoms with Gasteiger partial charge in [0.15, 0.2) is 0 Å². The van der Waals surface area contributed by atoms with E-state index in [9.17, 15) is 4.39 Å². The molecule has 5 heteroatoms. The van der Waals surface area contributed by atoms with Crippen molar-refractivity contribution >= 4 is 0 Å². The number of hydrogen-bond acceptors (Lipinski definition) is 3. The van der Waals surface area contributed by atoms with Crippen LogP contribution in [0.25, 0.3) is 28.2 Å². The van der Waals surface area contributed by atoms with Crippen LogP contribution < -0.4 is 9.47 Å². The number of rotatable bonds is 5. The lowest BCUT2D eigenvalue weighted by Crippen LogP contribution is -2.00. The molecule has 0 unspecified atom stereocenters. The SMILES string of the molecule is COc1ccccc1-c1cc(-c2ccccc2OC)n(-c2ccc(F)cc2)n1.